The van der Waals surface area contributed by atoms with E-state index >= 15 is 0 Å². The van der Waals surface area contributed by atoms with Crippen LogP contribution in [0.15, 0.2) is 72.8 Å². The van der Waals surface area contributed by atoms with Crippen molar-refractivity contribution in [3.63, 3.8) is 0 Å². The summed E-state index contributed by atoms with van der Waals surface area (Å²) in [5.41, 5.74) is 6.19. The highest BCUT2D eigenvalue weighted by Gasteiger charge is 2.29. The Morgan fingerprint density at radius 2 is 1.52 bits per heavy atom. The lowest BCUT2D eigenvalue weighted by Crippen LogP contribution is -2.02. The van der Waals surface area contributed by atoms with Crippen molar-refractivity contribution in [3.05, 3.63) is 89.5 Å². The summed E-state index contributed by atoms with van der Waals surface area (Å²) in [6.07, 6.45) is 0. The average Bonchev–Trinajstić information content (AvgIpc) is 2.89. The molecule has 0 spiro atoms. The zero-order valence-corrected chi connectivity index (χ0v) is 12.8. The Kier molecular flexibility index (Phi) is 3.23. The van der Waals surface area contributed by atoms with Crippen molar-refractivity contribution < 1.29 is 9.53 Å². The Morgan fingerprint density at radius 1 is 0.826 bits per heavy atom. The summed E-state index contributed by atoms with van der Waals surface area (Å²) in [4.78, 5) is 11.2. The molecule has 1 aliphatic carbocycles. The third-order valence-electron chi connectivity index (χ3n) is 4.29. The molecule has 0 fully saturated rings. The van der Waals surface area contributed by atoms with Crippen molar-refractivity contribution in [3.8, 4) is 16.9 Å². The molecule has 23 heavy (non-hydrogen) atoms. The minimum atomic E-state index is -0.296. The van der Waals surface area contributed by atoms with Crippen LogP contribution in [0.2, 0.25) is 0 Å². The van der Waals surface area contributed by atoms with Gasteiger partial charge in [0.25, 0.3) is 0 Å². The number of esters is 1. The molecule has 0 amide bonds. The van der Waals surface area contributed by atoms with Gasteiger partial charge >= 0.3 is 5.97 Å². The van der Waals surface area contributed by atoms with Crippen LogP contribution in [0.3, 0.4) is 0 Å². The first-order valence-corrected chi connectivity index (χ1v) is 7.70. The van der Waals surface area contributed by atoms with E-state index in [0.717, 1.165) is 5.56 Å². The monoisotopic (exact) mass is 300 g/mol. The molecule has 0 saturated carbocycles. The van der Waals surface area contributed by atoms with Gasteiger partial charge in [-0.05, 0) is 39.9 Å². The van der Waals surface area contributed by atoms with E-state index in [-0.39, 0.29) is 11.9 Å². The van der Waals surface area contributed by atoms with Gasteiger partial charge in [-0.2, -0.15) is 0 Å². The first-order chi connectivity index (χ1) is 11.2. The predicted molar refractivity (Wildman–Crippen MR) is 90.6 cm³/mol. The number of rotatable bonds is 2. The van der Waals surface area contributed by atoms with Gasteiger partial charge in [-0.15, -0.1) is 0 Å². The first kappa shape index (κ1) is 13.8. The number of hydrogen-bond acceptors (Lipinski definition) is 2. The number of carbonyl (C=O) groups excluding carboxylic acids is 1. The van der Waals surface area contributed by atoms with Gasteiger partial charge in [0.15, 0.2) is 0 Å². The Hall–Kier alpha value is -2.87. The standard InChI is InChI=1S/C21H16O2/c1-14(22)23-16-11-12-19-20(13-16)17-9-5-6-10-18(17)21(19)15-7-3-2-4-8-15/h2-13,21H,1H3. The Balaban J connectivity index is 1.90. The lowest BCUT2D eigenvalue weighted by atomic mass is 9.89. The quantitative estimate of drug-likeness (QED) is 0.393. The number of fused-ring (bicyclic) bond motifs is 3. The second-order valence-corrected chi connectivity index (χ2v) is 5.77. The van der Waals surface area contributed by atoms with Crippen LogP contribution in [-0.4, -0.2) is 5.97 Å². The van der Waals surface area contributed by atoms with Crippen LogP contribution in [0, 0.1) is 0 Å². The molecule has 1 atom stereocenters. The van der Waals surface area contributed by atoms with Gasteiger partial charge in [0, 0.05) is 12.8 Å². The van der Waals surface area contributed by atoms with Crippen molar-refractivity contribution in [2.24, 2.45) is 0 Å². The first-order valence-electron chi connectivity index (χ1n) is 7.70. The van der Waals surface area contributed by atoms with Crippen molar-refractivity contribution in [1.82, 2.24) is 0 Å². The molecule has 0 heterocycles. The molecule has 1 unspecified atom stereocenters. The van der Waals surface area contributed by atoms with E-state index in [4.69, 9.17) is 4.74 Å². The zero-order valence-electron chi connectivity index (χ0n) is 12.8. The van der Waals surface area contributed by atoms with E-state index in [1.54, 1.807) is 0 Å². The second-order valence-electron chi connectivity index (χ2n) is 5.77. The minimum absolute atomic E-state index is 0.230. The number of carbonyl (C=O) groups is 1. The van der Waals surface area contributed by atoms with Gasteiger partial charge in [0.05, 0.1) is 0 Å². The molecule has 3 aromatic rings. The lowest BCUT2D eigenvalue weighted by Gasteiger charge is -2.14. The molecule has 0 saturated heterocycles. The molecule has 112 valence electrons. The fourth-order valence-corrected chi connectivity index (χ4v) is 3.42. The third-order valence-corrected chi connectivity index (χ3v) is 4.29. The fraction of sp³-hybridized carbons (Fsp3) is 0.0952. The third kappa shape index (κ3) is 2.33. The van der Waals surface area contributed by atoms with E-state index in [9.17, 15) is 4.79 Å². The Labute approximate surface area is 135 Å². The smallest absolute Gasteiger partial charge is 0.308 e. The molecule has 0 N–H and O–H groups in total. The summed E-state index contributed by atoms with van der Waals surface area (Å²) in [6, 6.07) is 24.9. The van der Waals surface area contributed by atoms with Gasteiger partial charge in [0.2, 0.25) is 0 Å². The average molecular weight is 300 g/mol. The summed E-state index contributed by atoms with van der Waals surface area (Å²) < 4.78 is 5.26. The molecular weight excluding hydrogens is 284 g/mol. The van der Waals surface area contributed by atoms with E-state index < -0.39 is 0 Å². The molecule has 2 nitrogen and oxygen atoms in total. The van der Waals surface area contributed by atoms with Gasteiger partial charge < -0.3 is 4.74 Å². The second kappa shape index (κ2) is 5.40. The Morgan fingerprint density at radius 3 is 2.30 bits per heavy atom. The minimum Gasteiger partial charge on any atom is -0.427 e. The molecule has 1 aliphatic rings. The molecule has 0 aromatic heterocycles. The number of hydrogen-bond donors (Lipinski definition) is 0. The molecule has 4 rings (SSSR count). The highest BCUT2D eigenvalue weighted by atomic mass is 16.5. The maximum atomic E-state index is 11.2. The normalized spacial score (nSPS) is 14.9. The van der Waals surface area contributed by atoms with Crippen LogP contribution >= 0.6 is 0 Å². The van der Waals surface area contributed by atoms with Crippen molar-refractivity contribution in [1.29, 1.82) is 0 Å². The van der Waals surface area contributed by atoms with E-state index in [1.165, 1.54) is 29.2 Å². The van der Waals surface area contributed by atoms with Crippen LogP contribution in [0.5, 0.6) is 5.75 Å². The molecule has 3 aromatic carbocycles. The fourth-order valence-electron chi connectivity index (χ4n) is 3.42. The highest BCUT2D eigenvalue weighted by molar-refractivity contribution is 5.82. The van der Waals surface area contributed by atoms with E-state index in [0.29, 0.717) is 5.75 Å². The summed E-state index contributed by atoms with van der Waals surface area (Å²) in [7, 11) is 0. The largest absolute Gasteiger partial charge is 0.427 e. The number of ether oxygens (including phenoxy) is 1. The lowest BCUT2D eigenvalue weighted by molar-refractivity contribution is -0.131. The van der Waals surface area contributed by atoms with Gasteiger partial charge in [-0.1, -0.05) is 60.7 Å². The molecule has 2 heteroatoms. The number of benzene rings is 3. The van der Waals surface area contributed by atoms with Gasteiger partial charge in [-0.3, -0.25) is 4.79 Å². The van der Waals surface area contributed by atoms with Crippen LogP contribution in [0.4, 0.5) is 0 Å². The maximum Gasteiger partial charge on any atom is 0.308 e. The van der Waals surface area contributed by atoms with Crippen molar-refractivity contribution in [2.45, 2.75) is 12.8 Å². The zero-order chi connectivity index (χ0) is 15.8. The summed E-state index contributed by atoms with van der Waals surface area (Å²) in [5, 5.41) is 0. The van der Waals surface area contributed by atoms with Gasteiger partial charge in [-0.25, -0.2) is 0 Å². The summed E-state index contributed by atoms with van der Waals surface area (Å²) in [5.74, 6) is 0.532. The van der Waals surface area contributed by atoms with Crippen LogP contribution in [0.1, 0.15) is 29.5 Å². The predicted octanol–water partition coefficient (Wildman–Crippen LogP) is 4.77. The molecule has 0 aliphatic heterocycles. The highest BCUT2D eigenvalue weighted by Crippen LogP contribution is 2.48. The maximum absolute atomic E-state index is 11.2. The van der Waals surface area contributed by atoms with Gasteiger partial charge in [0.1, 0.15) is 5.75 Å². The molecule has 0 bridgehead atoms. The van der Waals surface area contributed by atoms with Crippen molar-refractivity contribution >= 4 is 5.97 Å². The van der Waals surface area contributed by atoms with E-state index in [2.05, 4.69) is 54.6 Å². The van der Waals surface area contributed by atoms with Crippen LogP contribution in [0.25, 0.3) is 11.1 Å². The van der Waals surface area contributed by atoms with Crippen LogP contribution < -0.4 is 4.74 Å². The Bertz CT molecular complexity index is 881. The topological polar surface area (TPSA) is 26.3 Å². The van der Waals surface area contributed by atoms with Crippen molar-refractivity contribution in [2.75, 3.05) is 0 Å². The molecule has 0 radical (unpaired) electrons. The SMILES string of the molecule is CC(=O)Oc1ccc2c(c1)-c1ccccc1C2c1ccccc1. The summed E-state index contributed by atoms with van der Waals surface area (Å²) in [6.45, 7) is 1.42. The van der Waals surface area contributed by atoms with Crippen LogP contribution in [-0.2, 0) is 4.79 Å². The molecular formula is C21H16O2. The summed E-state index contributed by atoms with van der Waals surface area (Å²) >= 11 is 0. The van der Waals surface area contributed by atoms with E-state index in [1.807, 2.05) is 18.2 Å².